The van der Waals surface area contributed by atoms with E-state index in [0.717, 1.165) is 15.4 Å². The van der Waals surface area contributed by atoms with Crippen LogP contribution < -0.4 is 10.0 Å². The van der Waals surface area contributed by atoms with Gasteiger partial charge >= 0.3 is 16.2 Å². The van der Waals surface area contributed by atoms with E-state index in [1.54, 1.807) is 36.4 Å². The quantitative estimate of drug-likeness (QED) is 0.745. The number of carbonyl (C=O) groups is 2. The van der Waals surface area contributed by atoms with Gasteiger partial charge in [-0.3, -0.25) is 9.52 Å². The summed E-state index contributed by atoms with van der Waals surface area (Å²) >= 11 is 0. The Morgan fingerprint density at radius 2 is 1.96 bits per heavy atom. The molecule has 2 aromatic carbocycles. The van der Waals surface area contributed by atoms with Crippen molar-refractivity contribution in [2.24, 2.45) is 0 Å². The number of hydrogen-bond donors (Lipinski definition) is 2. The molecule has 1 aliphatic heterocycles. The van der Waals surface area contributed by atoms with Gasteiger partial charge in [0.25, 0.3) is 0 Å². The normalized spacial score (nSPS) is 16.3. The lowest BCUT2D eigenvalue weighted by atomic mass is 9.84. The molecule has 0 radical (unpaired) electrons. The summed E-state index contributed by atoms with van der Waals surface area (Å²) in [5.74, 6) is -0.891. The number of hydrogen-bond acceptors (Lipinski definition) is 5. The van der Waals surface area contributed by atoms with Crippen molar-refractivity contribution in [3.63, 3.8) is 0 Å². The number of nitrogens with one attached hydrogen (secondary N) is 2. The molecule has 1 heterocycles. The lowest BCUT2D eigenvalue weighted by Gasteiger charge is -2.27. The monoisotopic (exact) mass is 403 g/mol. The van der Waals surface area contributed by atoms with Crippen molar-refractivity contribution in [2.75, 3.05) is 31.2 Å². The smallest absolute Gasteiger partial charge is 0.337 e. The number of carbonyl (C=O) groups excluding carboxylic acids is 2. The van der Waals surface area contributed by atoms with Crippen LogP contribution in [-0.4, -0.2) is 45.8 Å². The van der Waals surface area contributed by atoms with Gasteiger partial charge in [-0.2, -0.15) is 12.7 Å². The fraction of sp³-hybridized carbons (Fsp3) is 0.263. The third kappa shape index (κ3) is 4.00. The Morgan fingerprint density at radius 1 is 1.21 bits per heavy atom. The van der Waals surface area contributed by atoms with Gasteiger partial charge in [0.2, 0.25) is 5.91 Å². The van der Waals surface area contributed by atoms with Crippen molar-refractivity contribution >= 4 is 33.5 Å². The maximum atomic E-state index is 12.2. The van der Waals surface area contributed by atoms with Gasteiger partial charge in [0.15, 0.2) is 0 Å². The molecule has 0 aliphatic carbocycles. The molecule has 0 aromatic heterocycles. The van der Waals surface area contributed by atoms with E-state index in [9.17, 15) is 18.0 Å². The van der Waals surface area contributed by atoms with E-state index in [1.165, 1.54) is 21.2 Å². The van der Waals surface area contributed by atoms with Gasteiger partial charge in [0.05, 0.1) is 18.4 Å². The third-order valence-corrected chi connectivity index (χ3v) is 5.99. The SMILES string of the molecule is COC(=O)c1cccc(C2CC(=O)Nc3cc(NS(=O)(=O)N(C)C)ccc32)c1. The minimum absolute atomic E-state index is 0.186. The highest BCUT2D eigenvalue weighted by atomic mass is 32.2. The molecule has 2 N–H and O–H groups in total. The first-order chi connectivity index (χ1) is 13.2. The summed E-state index contributed by atoms with van der Waals surface area (Å²) in [6.45, 7) is 0. The van der Waals surface area contributed by atoms with Crippen molar-refractivity contribution in [1.82, 2.24) is 4.31 Å². The van der Waals surface area contributed by atoms with E-state index in [0.29, 0.717) is 16.9 Å². The minimum atomic E-state index is -3.66. The first-order valence-corrected chi connectivity index (χ1v) is 9.97. The van der Waals surface area contributed by atoms with Crippen molar-refractivity contribution in [3.05, 3.63) is 59.2 Å². The maximum absolute atomic E-state index is 12.2. The van der Waals surface area contributed by atoms with Gasteiger partial charge in [0.1, 0.15) is 0 Å². The van der Waals surface area contributed by atoms with Crippen LogP contribution in [-0.2, 0) is 19.7 Å². The Balaban J connectivity index is 1.98. The molecule has 0 saturated carbocycles. The zero-order chi connectivity index (χ0) is 20.5. The minimum Gasteiger partial charge on any atom is -0.465 e. The number of rotatable bonds is 5. The average Bonchev–Trinajstić information content (AvgIpc) is 2.66. The summed E-state index contributed by atoms with van der Waals surface area (Å²) in [5, 5.41) is 2.78. The van der Waals surface area contributed by atoms with Gasteiger partial charge < -0.3 is 10.1 Å². The summed E-state index contributed by atoms with van der Waals surface area (Å²) in [5.41, 5.74) is 2.93. The van der Waals surface area contributed by atoms with Gasteiger partial charge in [0, 0.05) is 32.1 Å². The molecule has 0 saturated heterocycles. The molecule has 3 rings (SSSR count). The van der Waals surface area contributed by atoms with E-state index < -0.39 is 16.2 Å². The Labute approximate surface area is 163 Å². The highest BCUT2D eigenvalue weighted by molar-refractivity contribution is 7.90. The number of amides is 1. The largest absolute Gasteiger partial charge is 0.465 e. The van der Waals surface area contributed by atoms with Crippen molar-refractivity contribution < 1.29 is 22.7 Å². The van der Waals surface area contributed by atoms with Gasteiger partial charge in [-0.1, -0.05) is 18.2 Å². The molecule has 28 heavy (non-hydrogen) atoms. The van der Waals surface area contributed by atoms with E-state index in [4.69, 9.17) is 4.74 Å². The summed E-state index contributed by atoms with van der Waals surface area (Å²) in [6.07, 6.45) is 0.223. The second kappa shape index (κ2) is 7.61. The van der Waals surface area contributed by atoms with Gasteiger partial charge in [-0.05, 0) is 35.4 Å². The van der Waals surface area contributed by atoms with Crippen LogP contribution in [0.4, 0.5) is 11.4 Å². The second-order valence-electron chi connectivity index (χ2n) is 6.61. The van der Waals surface area contributed by atoms with Gasteiger partial charge in [-0.15, -0.1) is 0 Å². The third-order valence-electron chi connectivity index (χ3n) is 4.53. The predicted octanol–water partition coefficient (Wildman–Crippen LogP) is 2.17. The fourth-order valence-corrected chi connectivity index (χ4v) is 3.67. The highest BCUT2D eigenvalue weighted by Crippen LogP contribution is 2.38. The summed E-state index contributed by atoms with van der Waals surface area (Å²) in [4.78, 5) is 24.1. The van der Waals surface area contributed by atoms with Crippen molar-refractivity contribution in [1.29, 1.82) is 0 Å². The maximum Gasteiger partial charge on any atom is 0.337 e. The average molecular weight is 403 g/mol. The number of benzene rings is 2. The molecular formula is C19H21N3O5S. The number of ether oxygens (including phenoxy) is 1. The Hall–Kier alpha value is -2.91. The fourth-order valence-electron chi connectivity index (χ4n) is 3.07. The Kier molecular flexibility index (Phi) is 5.39. The van der Waals surface area contributed by atoms with E-state index in [-0.39, 0.29) is 18.2 Å². The van der Waals surface area contributed by atoms with E-state index in [2.05, 4.69) is 10.0 Å². The lowest BCUT2D eigenvalue weighted by molar-refractivity contribution is -0.116. The number of anilines is 2. The molecule has 1 aliphatic rings. The van der Waals surface area contributed by atoms with Crippen molar-refractivity contribution in [3.8, 4) is 0 Å². The second-order valence-corrected chi connectivity index (χ2v) is 8.50. The molecule has 1 amide bonds. The number of fused-ring (bicyclic) bond motifs is 1. The molecule has 8 nitrogen and oxygen atoms in total. The molecule has 148 valence electrons. The van der Waals surface area contributed by atoms with Crippen LogP contribution in [0.25, 0.3) is 0 Å². The molecule has 0 spiro atoms. The topological polar surface area (TPSA) is 105 Å². The first-order valence-electron chi connectivity index (χ1n) is 8.53. The Bertz CT molecular complexity index is 1030. The first kappa shape index (κ1) is 19.8. The summed E-state index contributed by atoms with van der Waals surface area (Å²) < 4.78 is 32.3. The summed E-state index contributed by atoms with van der Waals surface area (Å²) in [6, 6.07) is 12.0. The summed E-state index contributed by atoms with van der Waals surface area (Å²) in [7, 11) is 0.505. The highest BCUT2D eigenvalue weighted by Gasteiger charge is 2.27. The molecule has 2 aromatic rings. The molecule has 1 atom stereocenters. The van der Waals surface area contributed by atoms with Crippen LogP contribution in [0.2, 0.25) is 0 Å². The molecule has 9 heteroatoms. The van der Waals surface area contributed by atoms with Crippen molar-refractivity contribution in [2.45, 2.75) is 12.3 Å². The molecule has 0 bridgehead atoms. The van der Waals surface area contributed by atoms with Crippen LogP contribution in [0.15, 0.2) is 42.5 Å². The number of esters is 1. The molecule has 1 unspecified atom stereocenters. The standard InChI is InChI=1S/C19H21N3O5S/c1-22(2)28(25,26)21-14-7-8-15-16(11-18(23)20-17(15)10-14)12-5-4-6-13(9-12)19(24)27-3/h4-10,16,21H,11H2,1-3H3,(H,20,23). The van der Waals surface area contributed by atoms with Crippen LogP contribution in [0.1, 0.15) is 33.8 Å². The zero-order valence-electron chi connectivity index (χ0n) is 15.7. The van der Waals surface area contributed by atoms with Gasteiger partial charge in [-0.25, -0.2) is 4.79 Å². The van der Waals surface area contributed by atoms with Crippen LogP contribution in [0.3, 0.4) is 0 Å². The van der Waals surface area contributed by atoms with E-state index >= 15 is 0 Å². The number of methoxy groups -OCH3 is 1. The van der Waals surface area contributed by atoms with Crippen LogP contribution >= 0.6 is 0 Å². The predicted molar refractivity (Wildman–Crippen MR) is 106 cm³/mol. The number of nitrogens with zero attached hydrogens (tertiary/aromatic N) is 1. The van der Waals surface area contributed by atoms with Crippen LogP contribution in [0, 0.1) is 0 Å². The Morgan fingerprint density at radius 3 is 2.64 bits per heavy atom. The molecular weight excluding hydrogens is 382 g/mol. The zero-order valence-corrected chi connectivity index (χ0v) is 16.5. The lowest BCUT2D eigenvalue weighted by Crippen LogP contribution is -2.29. The van der Waals surface area contributed by atoms with E-state index in [1.807, 2.05) is 6.07 Å². The molecule has 0 fully saturated rings. The van der Waals surface area contributed by atoms with Crippen LogP contribution in [0.5, 0.6) is 0 Å².